The van der Waals surface area contributed by atoms with Crippen LogP contribution in [-0.2, 0) is 11.2 Å². The van der Waals surface area contributed by atoms with Gasteiger partial charge in [-0.15, -0.1) is 0 Å². The monoisotopic (exact) mass is 215 g/mol. The zero-order chi connectivity index (χ0) is 11.1. The lowest BCUT2D eigenvalue weighted by Gasteiger charge is -2.44. The van der Waals surface area contributed by atoms with Gasteiger partial charge in [-0.05, 0) is 24.5 Å². The molecule has 0 saturated carbocycles. The van der Waals surface area contributed by atoms with Crippen molar-refractivity contribution in [2.24, 2.45) is 0 Å². The van der Waals surface area contributed by atoms with Crippen molar-refractivity contribution in [3.05, 3.63) is 35.4 Å². The predicted octanol–water partition coefficient (Wildman–Crippen LogP) is 2.34. The molecule has 0 bridgehead atoms. The topological polar surface area (TPSA) is 20.3 Å². The molecule has 2 aliphatic heterocycles. The Kier molecular flexibility index (Phi) is 2.32. The highest BCUT2D eigenvalue weighted by Gasteiger charge is 2.35. The molecule has 16 heavy (non-hydrogen) atoms. The second kappa shape index (κ2) is 3.70. The quantitative estimate of drug-likeness (QED) is 0.662. The molecule has 2 atom stereocenters. The molecule has 0 radical (unpaired) electrons. The van der Waals surface area contributed by atoms with Crippen molar-refractivity contribution in [2.75, 3.05) is 6.54 Å². The number of carbonyl (C=O) groups is 1. The Morgan fingerprint density at radius 3 is 2.94 bits per heavy atom. The van der Waals surface area contributed by atoms with Gasteiger partial charge in [0.1, 0.15) is 5.78 Å². The predicted molar refractivity (Wildman–Crippen MR) is 63.3 cm³/mol. The van der Waals surface area contributed by atoms with Gasteiger partial charge in [0.2, 0.25) is 0 Å². The Morgan fingerprint density at radius 1 is 1.25 bits per heavy atom. The van der Waals surface area contributed by atoms with Crippen LogP contribution in [0.1, 0.15) is 36.9 Å². The summed E-state index contributed by atoms with van der Waals surface area (Å²) in [6, 6.07) is 9.52. The molecular formula is C14H17NO. The minimum Gasteiger partial charge on any atom is -0.300 e. The molecule has 1 aromatic rings. The maximum absolute atomic E-state index is 11.6. The fourth-order valence-electron chi connectivity index (χ4n) is 3.14. The van der Waals surface area contributed by atoms with Gasteiger partial charge in [-0.1, -0.05) is 24.3 Å². The van der Waals surface area contributed by atoms with E-state index in [4.69, 9.17) is 0 Å². The molecule has 1 saturated heterocycles. The zero-order valence-corrected chi connectivity index (χ0v) is 9.65. The second-order valence-corrected chi connectivity index (χ2v) is 5.00. The summed E-state index contributed by atoms with van der Waals surface area (Å²) in [6.07, 6.45) is 2.57. The van der Waals surface area contributed by atoms with Crippen LogP contribution in [0.3, 0.4) is 0 Å². The van der Waals surface area contributed by atoms with Crippen LogP contribution in [-0.4, -0.2) is 23.3 Å². The molecule has 0 aliphatic carbocycles. The minimum atomic E-state index is 0.348. The summed E-state index contributed by atoms with van der Waals surface area (Å²) < 4.78 is 0. The van der Waals surface area contributed by atoms with Crippen molar-refractivity contribution < 1.29 is 4.79 Å². The standard InChI is InChI=1S/C14H17NO/c1-10-8-11-4-2-3-5-13(11)14-9-12(16)6-7-15(10)14/h2-5,10,14H,6-9H2,1H3/t10-,14+/m0/s1. The molecule has 0 spiro atoms. The Hall–Kier alpha value is -1.15. The van der Waals surface area contributed by atoms with Gasteiger partial charge < -0.3 is 0 Å². The summed E-state index contributed by atoms with van der Waals surface area (Å²) in [4.78, 5) is 14.1. The van der Waals surface area contributed by atoms with Crippen LogP contribution in [0.2, 0.25) is 0 Å². The lowest BCUT2D eigenvalue weighted by Crippen LogP contribution is -2.46. The van der Waals surface area contributed by atoms with E-state index in [1.807, 2.05) is 0 Å². The first-order chi connectivity index (χ1) is 7.75. The Balaban J connectivity index is 2.03. The number of hydrogen-bond donors (Lipinski definition) is 0. The van der Waals surface area contributed by atoms with Gasteiger partial charge in [0.15, 0.2) is 0 Å². The molecule has 84 valence electrons. The van der Waals surface area contributed by atoms with Crippen LogP contribution in [0.25, 0.3) is 0 Å². The van der Waals surface area contributed by atoms with Crippen molar-refractivity contribution in [1.29, 1.82) is 0 Å². The number of piperidine rings is 1. The Labute approximate surface area is 96.3 Å². The SMILES string of the molecule is C[C@H]1Cc2ccccc2[C@H]2CC(=O)CCN21. The molecule has 3 rings (SSSR count). The first-order valence-corrected chi connectivity index (χ1v) is 6.11. The summed E-state index contributed by atoms with van der Waals surface area (Å²) in [5.74, 6) is 0.421. The second-order valence-electron chi connectivity index (χ2n) is 5.00. The van der Waals surface area contributed by atoms with E-state index in [2.05, 4.69) is 36.1 Å². The summed E-state index contributed by atoms with van der Waals surface area (Å²) in [6.45, 7) is 3.22. The molecule has 2 heteroatoms. The number of rotatable bonds is 0. The summed E-state index contributed by atoms with van der Waals surface area (Å²) in [5, 5.41) is 0. The fourth-order valence-corrected chi connectivity index (χ4v) is 3.14. The van der Waals surface area contributed by atoms with Crippen molar-refractivity contribution in [3.63, 3.8) is 0 Å². The van der Waals surface area contributed by atoms with E-state index in [9.17, 15) is 4.79 Å². The third-order valence-electron chi connectivity index (χ3n) is 3.97. The lowest BCUT2D eigenvalue weighted by atomic mass is 9.83. The molecule has 0 N–H and O–H groups in total. The van der Waals surface area contributed by atoms with Crippen molar-refractivity contribution in [2.45, 2.75) is 38.3 Å². The largest absolute Gasteiger partial charge is 0.300 e. The zero-order valence-electron chi connectivity index (χ0n) is 9.65. The highest BCUT2D eigenvalue weighted by molar-refractivity contribution is 5.80. The first kappa shape index (κ1) is 10.0. The molecule has 0 amide bonds. The maximum Gasteiger partial charge on any atom is 0.136 e. The van der Waals surface area contributed by atoms with Gasteiger partial charge in [-0.2, -0.15) is 0 Å². The lowest BCUT2D eigenvalue weighted by molar-refractivity contribution is -0.124. The van der Waals surface area contributed by atoms with Crippen molar-refractivity contribution in [1.82, 2.24) is 4.90 Å². The van der Waals surface area contributed by atoms with E-state index in [1.54, 1.807) is 0 Å². The van der Waals surface area contributed by atoms with Crippen LogP contribution < -0.4 is 0 Å². The van der Waals surface area contributed by atoms with E-state index in [1.165, 1.54) is 11.1 Å². The molecule has 1 aromatic carbocycles. The molecular weight excluding hydrogens is 198 g/mol. The van der Waals surface area contributed by atoms with Crippen LogP contribution in [0.5, 0.6) is 0 Å². The molecule has 2 nitrogen and oxygen atoms in total. The third-order valence-corrected chi connectivity index (χ3v) is 3.97. The van der Waals surface area contributed by atoms with Crippen LogP contribution >= 0.6 is 0 Å². The molecule has 0 aromatic heterocycles. The average molecular weight is 215 g/mol. The maximum atomic E-state index is 11.6. The van der Waals surface area contributed by atoms with Crippen molar-refractivity contribution in [3.8, 4) is 0 Å². The van der Waals surface area contributed by atoms with E-state index < -0.39 is 0 Å². The Morgan fingerprint density at radius 2 is 2.06 bits per heavy atom. The number of nitrogens with zero attached hydrogens (tertiary/aromatic N) is 1. The van der Waals surface area contributed by atoms with Crippen LogP contribution in [0, 0.1) is 0 Å². The fraction of sp³-hybridized carbons (Fsp3) is 0.500. The third kappa shape index (κ3) is 1.49. The van der Waals surface area contributed by atoms with Crippen molar-refractivity contribution >= 4 is 5.78 Å². The van der Waals surface area contributed by atoms with E-state index in [0.29, 0.717) is 24.3 Å². The van der Waals surface area contributed by atoms with Gasteiger partial charge in [0, 0.05) is 31.5 Å². The average Bonchev–Trinajstić information content (AvgIpc) is 2.29. The number of fused-ring (bicyclic) bond motifs is 3. The van der Waals surface area contributed by atoms with Gasteiger partial charge in [-0.3, -0.25) is 9.69 Å². The van der Waals surface area contributed by atoms with Crippen LogP contribution in [0.15, 0.2) is 24.3 Å². The Bertz CT molecular complexity index is 426. The summed E-state index contributed by atoms with van der Waals surface area (Å²) in [5.41, 5.74) is 2.82. The van der Waals surface area contributed by atoms with Gasteiger partial charge >= 0.3 is 0 Å². The van der Waals surface area contributed by atoms with Gasteiger partial charge in [0.25, 0.3) is 0 Å². The number of carbonyl (C=O) groups excluding carboxylic acids is 1. The first-order valence-electron chi connectivity index (χ1n) is 6.11. The van der Waals surface area contributed by atoms with Crippen LogP contribution in [0.4, 0.5) is 0 Å². The molecule has 0 unspecified atom stereocenters. The minimum absolute atomic E-state index is 0.348. The number of hydrogen-bond acceptors (Lipinski definition) is 2. The highest BCUT2D eigenvalue weighted by atomic mass is 16.1. The number of ketones is 1. The molecule has 2 heterocycles. The van der Waals surface area contributed by atoms with Gasteiger partial charge in [0.05, 0.1) is 0 Å². The van der Waals surface area contributed by atoms with E-state index in [0.717, 1.165) is 19.4 Å². The summed E-state index contributed by atoms with van der Waals surface area (Å²) >= 11 is 0. The highest BCUT2D eigenvalue weighted by Crippen LogP contribution is 2.37. The van der Waals surface area contributed by atoms with E-state index in [-0.39, 0.29) is 0 Å². The normalized spacial score (nSPS) is 29.7. The molecule has 2 aliphatic rings. The number of Topliss-reactive ketones (excluding diaryl/α,β-unsaturated/α-hetero) is 1. The van der Waals surface area contributed by atoms with Gasteiger partial charge in [-0.25, -0.2) is 0 Å². The smallest absolute Gasteiger partial charge is 0.136 e. The van der Waals surface area contributed by atoms with E-state index >= 15 is 0 Å². The number of benzene rings is 1. The molecule has 1 fully saturated rings. The summed E-state index contributed by atoms with van der Waals surface area (Å²) in [7, 11) is 0.